The maximum absolute atomic E-state index is 6.13. The number of hydrogen-bond donors (Lipinski definition) is 1. The molecule has 0 saturated heterocycles. The van der Waals surface area contributed by atoms with E-state index in [1.54, 1.807) is 0 Å². The molecule has 0 aliphatic rings. The lowest BCUT2D eigenvalue weighted by Gasteiger charge is -2.13. The lowest BCUT2D eigenvalue weighted by Crippen LogP contribution is -2.18. The van der Waals surface area contributed by atoms with Gasteiger partial charge >= 0.3 is 0 Å². The fourth-order valence-electron chi connectivity index (χ4n) is 2.35. The molecular formula is C20H25Cl2NO2. The summed E-state index contributed by atoms with van der Waals surface area (Å²) in [5.74, 6) is 0.829. The quantitative estimate of drug-likeness (QED) is 0.552. The molecule has 2 rings (SSSR count). The Kier molecular flexibility index (Phi) is 8.56. The predicted molar refractivity (Wildman–Crippen MR) is 105 cm³/mol. The summed E-state index contributed by atoms with van der Waals surface area (Å²) < 4.78 is 11.5. The first-order valence-electron chi connectivity index (χ1n) is 8.52. The SMILES string of the molecule is CC(C)OCCCNCc1cc(Cl)ccc1OCc1cccc(Cl)c1. The minimum absolute atomic E-state index is 0.277. The molecule has 0 aliphatic heterocycles. The number of ether oxygens (including phenoxy) is 2. The van der Waals surface area contributed by atoms with Gasteiger partial charge in [0.15, 0.2) is 0 Å². The zero-order chi connectivity index (χ0) is 18.1. The van der Waals surface area contributed by atoms with Gasteiger partial charge in [0, 0.05) is 28.8 Å². The summed E-state index contributed by atoms with van der Waals surface area (Å²) in [5.41, 5.74) is 2.08. The first kappa shape index (κ1) is 20.1. The maximum Gasteiger partial charge on any atom is 0.124 e. The van der Waals surface area contributed by atoms with E-state index >= 15 is 0 Å². The fourth-order valence-corrected chi connectivity index (χ4v) is 2.76. The third-order valence-corrected chi connectivity index (χ3v) is 4.04. The van der Waals surface area contributed by atoms with Crippen LogP contribution in [0.1, 0.15) is 31.4 Å². The van der Waals surface area contributed by atoms with Crippen LogP contribution >= 0.6 is 23.2 Å². The zero-order valence-corrected chi connectivity index (χ0v) is 16.2. The molecule has 25 heavy (non-hydrogen) atoms. The van der Waals surface area contributed by atoms with Crippen molar-refractivity contribution in [1.29, 1.82) is 0 Å². The standard InChI is InChI=1S/C20H25Cl2NO2/c1-15(2)24-10-4-9-23-13-17-12-19(22)7-8-20(17)25-14-16-5-3-6-18(21)11-16/h3,5-8,11-12,15,23H,4,9-10,13-14H2,1-2H3. The Morgan fingerprint density at radius 3 is 2.60 bits per heavy atom. The van der Waals surface area contributed by atoms with Gasteiger partial charge in [-0.05, 0) is 62.7 Å². The first-order chi connectivity index (χ1) is 12.0. The molecule has 0 saturated carbocycles. The van der Waals surface area contributed by atoms with E-state index in [-0.39, 0.29) is 6.10 Å². The highest BCUT2D eigenvalue weighted by Crippen LogP contribution is 2.24. The summed E-state index contributed by atoms with van der Waals surface area (Å²) in [6, 6.07) is 13.4. The van der Waals surface area contributed by atoms with Crippen LogP contribution in [0.15, 0.2) is 42.5 Å². The lowest BCUT2D eigenvalue weighted by atomic mass is 10.2. The Morgan fingerprint density at radius 1 is 1.04 bits per heavy atom. The summed E-state index contributed by atoms with van der Waals surface area (Å²) in [4.78, 5) is 0. The highest BCUT2D eigenvalue weighted by Gasteiger charge is 2.06. The molecule has 2 aromatic carbocycles. The van der Waals surface area contributed by atoms with Gasteiger partial charge in [0.1, 0.15) is 12.4 Å². The van der Waals surface area contributed by atoms with Crippen molar-refractivity contribution in [2.24, 2.45) is 0 Å². The van der Waals surface area contributed by atoms with Crippen LogP contribution in [0.4, 0.5) is 0 Å². The average Bonchev–Trinajstić information content (AvgIpc) is 2.57. The molecule has 2 aromatic rings. The van der Waals surface area contributed by atoms with E-state index < -0.39 is 0 Å². The Balaban J connectivity index is 1.86. The Bertz CT molecular complexity index is 662. The number of halogens is 2. The van der Waals surface area contributed by atoms with Gasteiger partial charge in [-0.1, -0.05) is 35.3 Å². The van der Waals surface area contributed by atoms with Crippen molar-refractivity contribution in [3.05, 3.63) is 63.6 Å². The normalized spacial score (nSPS) is 11.1. The monoisotopic (exact) mass is 381 g/mol. The molecule has 0 radical (unpaired) electrons. The fraction of sp³-hybridized carbons (Fsp3) is 0.400. The molecule has 1 N–H and O–H groups in total. The number of nitrogens with one attached hydrogen (secondary N) is 1. The molecule has 0 spiro atoms. The molecule has 0 heterocycles. The lowest BCUT2D eigenvalue weighted by molar-refractivity contribution is 0.0770. The molecule has 0 bridgehead atoms. The van der Waals surface area contributed by atoms with Crippen molar-refractivity contribution < 1.29 is 9.47 Å². The van der Waals surface area contributed by atoms with Crippen molar-refractivity contribution in [2.45, 2.75) is 39.5 Å². The minimum Gasteiger partial charge on any atom is -0.489 e. The van der Waals surface area contributed by atoms with Gasteiger partial charge in [-0.3, -0.25) is 0 Å². The molecule has 0 amide bonds. The molecule has 5 heteroatoms. The maximum atomic E-state index is 6.13. The number of benzene rings is 2. The van der Waals surface area contributed by atoms with Crippen molar-refractivity contribution in [3.8, 4) is 5.75 Å². The molecule has 0 atom stereocenters. The van der Waals surface area contributed by atoms with E-state index in [4.69, 9.17) is 32.7 Å². The summed E-state index contributed by atoms with van der Waals surface area (Å²) >= 11 is 12.1. The van der Waals surface area contributed by atoms with E-state index in [0.29, 0.717) is 23.2 Å². The van der Waals surface area contributed by atoms with Crippen molar-refractivity contribution in [3.63, 3.8) is 0 Å². The van der Waals surface area contributed by atoms with Crippen LogP contribution in [-0.4, -0.2) is 19.3 Å². The predicted octanol–water partition coefficient (Wildman–Crippen LogP) is 5.48. The van der Waals surface area contributed by atoms with Crippen LogP contribution in [0.25, 0.3) is 0 Å². The highest BCUT2D eigenvalue weighted by atomic mass is 35.5. The molecule has 0 aliphatic carbocycles. The summed E-state index contributed by atoms with van der Waals surface area (Å²) in [7, 11) is 0. The first-order valence-corrected chi connectivity index (χ1v) is 9.28. The molecule has 0 unspecified atom stereocenters. The van der Waals surface area contributed by atoms with Gasteiger partial charge in [0.25, 0.3) is 0 Å². The van der Waals surface area contributed by atoms with Gasteiger partial charge in [-0.25, -0.2) is 0 Å². The largest absolute Gasteiger partial charge is 0.489 e. The molecule has 0 aromatic heterocycles. The summed E-state index contributed by atoms with van der Waals surface area (Å²) in [6.07, 6.45) is 1.25. The van der Waals surface area contributed by atoms with Crippen molar-refractivity contribution >= 4 is 23.2 Å². The van der Waals surface area contributed by atoms with Gasteiger partial charge in [-0.15, -0.1) is 0 Å². The van der Waals surface area contributed by atoms with E-state index in [0.717, 1.165) is 36.4 Å². The van der Waals surface area contributed by atoms with Crippen LogP contribution in [-0.2, 0) is 17.9 Å². The Labute approximate surface area is 160 Å². The Hall–Kier alpha value is -1.26. The van der Waals surface area contributed by atoms with Crippen LogP contribution < -0.4 is 10.1 Å². The van der Waals surface area contributed by atoms with Gasteiger partial charge in [0.05, 0.1) is 6.10 Å². The third-order valence-electron chi connectivity index (χ3n) is 3.57. The van der Waals surface area contributed by atoms with Crippen molar-refractivity contribution in [2.75, 3.05) is 13.2 Å². The van der Waals surface area contributed by atoms with Crippen LogP contribution in [0.5, 0.6) is 5.75 Å². The zero-order valence-electron chi connectivity index (χ0n) is 14.7. The highest BCUT2D eigenvalue weighted by molar-refractivity contribution is 6.30. The Morgan fingerprint density at radius 2 is 1.84 bits per heavy atom. The second-order valence-electron chi connectivity index (χ2n) is 6.12. The van der Waals surface area contributed by atoms with E-state index in [1.165, 1.54) is 0 Å². The van der Waals surface area contributed by atoms with Gasteiger partial charge in [-0.2, -0.15) is 0 Å². The van der Waals surface area contributed by atoms with Crippen molar-refractivity contribution in [1.82, 2.24) is 5.32 Å². The average molecular weight is 382 g/mol. The molecule has 136 valence electrons. The molecule has 0 fully saturated rings. The van der Waals surface area contributed by atoms with Gasteiger partial charge in [0.2, 0.25) is 0 Å². The van der Waals surface area contributed by atoms with E-state index in [2.05, 4.69) is 5.32 Å². The second kappa shape index (κ2) is 10.7. The minimum atomic E-state index is 0.277. The smallest absolute Gasteiger partial charge is 0.124 e. The van der Waals surface area contributed by atoms with Crippen LogP contribution in [0, 0.1) is 0 Å². The molecule has 3 nitrogen and oxygen atoms in total. The summed E-state index contributed by atoms with van der Waals surface area (Å²) in [6.45, 7) is 6.90. The third kappa shape index (κ3) is 7.66. The number of hydrogen-bond acceptors (Lipinski definition) is 3. The van der Waals surface area contributed by atoms with Crippen LogP contribution in [0.2, 0.25) is 10.0 Å². The second-order valence-corrected chi connectivity index (χ2v) is 6.99. The van der Waals surface area contributed by atoms with E-state index in [9.17, 15) is 0 Å². The van der Waals surface area contributed by atoms with Gasteiger partial charge < -0.3 is 14.8 Å². The summed E-state index contributed by atoms with van der Waals surface area (Å²) in [5, 5.41) is 4.83. The van der Waals surface area contributed by atoms with Crippen LogP contribution in [0.3, 0.4) is 0 Å². The molecular weight excluding hydrogens is 357 g/mol. The number of rotatable bonds is 10. The van der Waals surface area contributed by atoms with E-state index in [1.807, 2.05) is 56.3 Å². The topological polar surface area (TPSA) is 30.5 Å².